The predicted octanol–water partition coefficient (Wildman–Crippen LogP) is -0.244. The summed E-state index contributed by atoms with van der Waals surface area (Å²) in [6.45, 7) is 0.367. The highest BCUT2D eigenvalue weighted by molar-refractivity contribution is 5.44. The van der Waals surface area contributed by atoms with Crippen molar-refractivity contribution in [1.82, 2.24) is 5.32 Å². The highest BCUT2D eigenvalue weighted by Gasteiger charge is 2.05. The second kappa shape index (κ2) is 10.4. The minimum atomic E-state index is -0.639. The van der Waals surface area contributed by atoms with E-state index in [0.717, 1.165) is 0 Å². The van der Waals surface area contributed by atoms with Gasteiger partial charge < -0.3 is 25.6 Å². The van der Waals surface area contributed by atoms with Crippen molar-refractivity contribution in [3.05, 3.63) is 24.3 Å². The van der Waals surface area contributed by atoms with Crippen molar-refractivity contribution in [3.8, 4) is 11.5 Å². The summed E-state index contributed by atoms with van der Waals surface area (Å²) in [7, 11) is 3.13. The monoisotopic (exact) mass is 256 g/mol. The van der Waals surface area contributed by atoms with Gasteiger partial charge in [-0.3, -0.25) is 4.79 Å². The molecular formula is C12H20N2O4. The van der Waals surface area contributed by atoms with E-state index in [4.69, 9.17) is 20.0 Å². The molecule has 1 atom stereocenters. The lowest BCUT2D eigenvalue weighted by atomic mass is 10.3. The van der Waals surface area contributed by atoms with Gasteiger partial charge in [-0.15, -0.1) is 0 Å². The molecule has 1 aromatic carbocycles. The first kappa shape index (κ1) is 16.2. The maximum atomic E-state index is 9.19. The largest absolute Gasteiger partial charge is 0.493 e. The first-order chi connectivity index (χ1) is 8.69. The standard InChI is InChI=1S/C10H15NO3.C2H5NO/c1-13-9-4-2-3-5-10(9)14-7-8(12)6-11;1-3-2-4/h2-5,8,12H,6-7,11H2,1H3;2H,1H3,(H,3,4). The van der Waals surface area contributed by atoms with Gasteiger partial charge in [0, 0.05) is 13.6 Å². The molecular weight excluding hydrogens is 236 g/mol. The quantitative estimate of drug-likeness (QED) is 0.610. The second-order valence-electron chi connectivity index (χ2n) is 3.26. The summed E-state index contributed by atoms with van der Waals surface area (Å²) in [5.74, 6) is 1.26. The van der Waals surface area contributed by atoms with Crippen LogP contribution in [0, 0.1) is 0 Å². The Balaban J connectivity index is 0.000000631. The number of methoxy groups -OCH3 is 1. The van der Waals surface area contributed by atoms with Gasteiger partial charge >= 0.3 is 0 Å². The van der Waals surface area contributed by atoms with Crippen LogP contribution in [0.5, 0.6) is 11.5 Å². The van der Waals surface area contributed by atoms with Crippen LogP contribution in [0.3, 0.4) is 0 Å². The van der Waals surface area contributed by atoms with Crippen LogP contribution in [0.1, 0.15) is 0 Å². The molecule has 0 fully saturated rings. The van der Waals surface area contributed by atoms with Gasteiger partial charge in [-0.25, -0.2) is 0 Å². The van der Waals surface area contributed by atoms with Crippen molar-refractivity contribution < 1.29 is 19.4 Å². The molecule has 0 aromatic heterocycles. The van der Waals surface area contributed by atoms with Crippen LogP contribution in [0.4, 0.5) is 0 Å². The van der Waals surface area contributed by atoms with E-state index in [0.29, 0.717) is 17.9 Å². The summed E-state index contributed by atoms with van der Waals surface area (Å²) in [6.07, 6.45) is -0.0140. The third-order valence-electron chi connectivity index (χ3n) is 1.89. The second-order valence-corrected chi connectivity index (χ2v) is 3.26. The molecule has 0 aliphatic carbocycles. The molecule has 18 heavy (non-hydrogen) atoms. The molecule has 6 nitrogen and oxygen atoms in total. The zero-order valence-electron chi connectivity index (χ0n) is 10.6. The molecule has 0 aliphatic rings. The van der Waals surface area contributed by atoms with Crippen molar-refractivity contribution in [1.29, 1.82) is 0 Å². The number of rotatable bonds is 6. The van der Waals surface area contributed by atoms with Gasteiger partial charge in [0.1, 0.15) is 12.7 Å². The number of aliphatic hydroxyl groups excluding tert-OH is 1. The van der Waals surface area contributed by atoms with E-state index < -0.39 is 6.10 Å². The number of hydrogen-bond acceptors (Lipinski definition) is 5. The lowest BCUT2D eigenvalue weighted by Crippen LogP contribution is -2.26. The number of para-hydroxylation sites is 2. The van der Waals surface area contributed by atoms with Crippen molar-refractivity contribution in [3.63, 3.8) is 0 Å². The number of aliphatic hydroxyl groups is 1. The van der Waals surface area contributed by atoms with Gasteiger partial charge in [0.25, 0.3) is 0 Å². The summed E-state index contributed by atoms with van der Waals surface area (Å²) in [6, 6.07) is 7.27. The molecule has 0 heterocycles. The first-order valence-corrected chi connectivity index (χ1v) is 5.44. The molecule has 0 spiro atoms. The highest BCUT2D eigenvalue weighted by Crippen LogP contribution is 2.25. The number of carbonyl (C=O) groups excluding carboxylic acids is 1. The number of benzene rings is 1. The van der Waals surface area contributed by atoms with Crippen molar-refractivity contribution in [2.24, 2.45) is 5.73 Å². The molecule has 6 heteroatoms. The Labute approximate surface area is 107 Å². The van der Waals surface area contributed by atoms with Crippen LogP contribution in [-0.4, -0.2) is 44.9 Å². The number of nitrogens with two attached hydrogens (primary N) is 1. The Morgan fingerprint density at radius 1 is 1.44 bits per heavy atom. The fourth-order valence-corrected chi connectivity index (χ4v) is 0.992. The summed E-state index contributed by atoms with van der Waals surface area (Å²) >= 11 is 0. The predicted molar refractivity (Wildman–Crippen MR) is 68.7 cm³/mol. The molecule has 1 aromatic rings. The molecule has 1 rings (SSSR count). The molecule has 102 valence electrons. The Morgan fingerprint density at radius 3 is 2.44 bits per heavy atom. The van der Waals surface area contributed by atoms with Gasteiger partial charge in [-0.05, 0) is 12.1 Å². The Morgan fingerprint density at radius 2 is 2.00 bits per heavy atom. The summed E-state index contributed by atoms with van der Waals surface area (Å²) < 4.78 is 10.4. The van der Waals surface area contributed by atoms with Crippen molar-refractivity contribution >= 4 is 6.41 Å². The van der Waals surface area contributed by atoms with Crippen LogP contribution in [0.25, 0.3) is 0 Å². The molecule has 0 saturated heterocycles. The zero-order chi connectivity index (χ0) is 13.8. The number of ether oxygens (including phenoxy) is 2. The van der Waals surface area contributed by atoms with Crippen LogP contribution >= 0.6 is 0 Å². The van der Waals surface area contributed by atoms with E-state index in [2.05, 4.69) is 5.32 Å². The normalized spacial score (nSPS) is 10.7. The van der Waals surface area contributed by atoms with Gasteiger partial charge in [-0.1, -0.05) is 12.1 Å². The van der Waals surface area contributed by atoms with E-state index in [1.807, 2.05) is 12.1 Å². The van der Waals surface area contributed by atoms with Crippen LogP contribution in [0.15, 0.2) is 24.3 Å². The third kappa shape index (κ3) is 6.72. The number of hydrogen-bond donors (Lipinski definition) is 3. The first-order valence-electron chi connectivity index (χ1n) is 5.44. The number of carbonyl (C=O) groups is 1. The summed E-state index contributed by atoms with van der Waals surface area (Å²) in [5.41, 5.74) is 5.25. The SMILES string of the molecule is CNC=O.COc1ccccc1OCC(O)CN. The van der Waals surface area contributed by atoms with Crippen LogP contribution in [0.2, 0.25) is 0 Å². The van der Waals surface area contributed by atoms with E-state index in [9.17, 15) is 5.11 Å². The maximum absolute atomic E-state index is 9.19. The Bertz CT molecular complexity index is 334. The average Bonchev–Trinajstić information content (AvgIpc) is 2.45. The number of nitrogens with one attached hydrogen (secondary N) is 1. The van der Waals surface area contributed by atoms with E-state index in [-0.39, 0.29) is 13.2 Å². The van der Waals surface area contributed by atoms with E-state index in [1.54, 1.807) is 26.3 Å². The molecule has 0 bridgehead atoms. The van der Waals surface area contributed by atoms with Crippen molar-refractivity contribution in [2.45, 2.75) is 6.10 Å². The minimum absolute atomic E-state index is 0.177. The molecule has 0 radical (unpaired) electrons. The highest BCUT2D eigenvalue weighted by atomic mass is 16.5. The Kier molecular flexibility index (Phi) is 9.34. The van der Waals surface area contributed by atoms with Crippen LogP contribution < -0.4 is 20.5 Å². The summed E-state index contributed by atoms with van der Waals surface area (Å²) in [4.78, 5) is 9.06. The average molecular weight is 256 g/mol. The van der Waals surface area contributed by atoms with Crippen molar-refractivity contribution in [2.75, 3.05) is 27.3 Å². The summed E-state index contributed by atoms with van der Waals surface area (Å²) in [5, 5.41) is 11.4. The van der Waals surface area contributed by atoms with Gasteiger partial charge in [0.05, 0.1) is 7.11 Å². The van der Waals surface area contributed by atoms with Gasteiger partial charge in [0.2, 0.25) is 6.41 Å². The zero-order valence-corrected chi connectivity index (χ0v) is 10.6. The molecule has 1 unspecified atom stereocenters. The van der Waals surface area contributed by atoms with E-state index in [1.165, 1.54) is 0 Å². The van der Waals surface area contributed by atoms with Gasteiger partial charge in [0.15, 0.2) is 11.5 Å². The van der Waals surface area contributed by atoms with Crippen LogP contribution in [-0.2, 0) is 4.79 Å². The van der Waals surface area contributed by atoms with Gasteiger partial charge in [-0.2, -0.15) is 0 Å². The fraction of sp³-hybridized carbons (Fsp3) is 0.417. The maximum Gasteiger partial charge on any atom is 0.206 e. The third-order valence-corrected chi connectivity index (χ3v) is 1.89. The topological polar surface area (TPSA) is 93.8 Å². The number of amides is 1. The lowest BCUT2D eigenvalue weighted by molar-refractivity contribution is -0.109. The Hall–Kier alpha value is -1.79. The molecule has 1 amide bonds. The van der Waals surface area contributed by atoms with E-state index >= 15 is 0 Å². The molecule has 0 saturated carbocycles. The smallest absolute Gasteiger partial charge is 0.206 e. The fourth-order valence-electron chi connectivity index (χ4n) is 0.992. The minimum Gasteiger partial charge on any atom is -0.493 e. The molecule has 4 N–H and O–H groups in total. The molecule has 0 aliphatic heterocycles. The lowest BCUT2D eigenvalue weighted by Gasteiger charge is -2.12.